The Kier molecular flexibility index (Phi) is 4.96. The van der Waals surface area contributed by atoms with Crippen molar-refractivity contribution in [2.45, 2.75) is 56.5 Å². The van der Waals surface area contributed by atoms with Gasteiger partial charge in [-0.05, 0) is 26.2 Å². The van der Waals surface area contributed by atoms with Crippen LogP contribution in [0.1, 0.15) is 33.1 Å². The van der Waals surface area contributed by atoms with Gasteiger partial charge in [-0.1, -0.05) is 6.92 Å². The smallest absolute Gasteiger partial charge is 0.353 e. The number of β-lactam (4-membered cyclic amide) rings is 1. The fourth-order valence-corrected chi connectivity index (χ4v) is 6.81. The molecule has 2 saturated heterocycles. The number of amides is 1. The van der Waals surface area contributed by atoms with Crippen LogP contribution in [-0.2, 0) is 9.59 Å². The summed E-state index contributed by atoms with van der Waals surface area (Å²) in [5.74, 6) is -1.45. The van der Waals surface area contributed by atoms with Crippen LogP contribution in [0, 0.1) is 23.2 Å². The van der Waals surface area contributed by atoms with Gasteiger partial charge in [0.25, 0.3) is 0 Å². The van der Waals surface area contributed by atoms with Gasteiger partial charge in [0.15, 0.2) is 0 Å². The minimum Gasteiger partial charge on any atom is -0.477 e. The second-order valence-corrected chi connectivity index (χ2v) is 9.93. The molecule has 1 amide bonds. The first-order valence-electron chi connectivity index (χ1n) is 9.93. The molecule has 0 bridgehead atoms. The van der Waals surface area contributed by atoms with E-state index in [2.05, 4.69) is 4.90 Å². The molecule has 1 aliphatic carbocycles. The molecule has 0 aromatic rings. The van der Waals surface area contributed by atoms with Gasteiger partial charge in [0.1, 0.15) is 5.70 Å². The van der Waals surface area contributed by atoms with E-state index in [4.69, 9.17) is 11.1 Å². The molecule has 0 aromatic carbocycles. The van der Waals surface area contributed by atoms with E-state index in [-0.39, 0.29) is 35.3 Å². The number of hydrogen-bond acceptors (Lipinski definition) is 6. The Hall–Kier alpha value is -1.58. The lowest BCUT2D eigenvalue weighted by Gasteiger charge is -2.46. The molecule has 6 atom stereocenters. The Morgan fingerprint density at radius 3 is 2.57 bits per heavy atom. The van der Waals surface area contributed by atoms with Gasteiger partial charge in [-0.2, -0.15) is 0 Å². The Morgan fingerprint density at radius 2 is 2.04 bits per heavy atom. The summed E-state index contributed by atoms with van der Waals surface area (Å²) >= 11 is 1.59. The van der Waals surface area contributed by atoms with Crippen LogP contribution in [0.2, 0.25) is 0 Å². The molecule has 154 valence electrons. The van der Waals surface area contributed by atoms with Crippen molar-refractivity contribution in [1.29, 1.82) is 5.41 Å². The van der Waals surface area contributed by atoms with Gasteiger partial charge in [0, 0.05) is 41.1 Å². The van der Waals surface area contributed by atoms with Crippen LogP contribution in [0.4, 0.5) is 0 Å². The molecular weight excluding hydrogens is 380 g/mol. The number of aliphatic hydroxyl groups excluding tert-OH is 1. The van der Waals surface area contributed by atoms with Gasteiger partial charge in [-0.3, -0.25) is 15.1 Å². The molecule has 0 radical (unpaired) electrons. The number of amidine groups is 1. The number of carboxylic acids is 1. The Bertz CT molecular complexity index is 748. The van der Waals surface area contributed by atoms with Crippen molar-refractivity contribution in [2.75, 3.05) is 13.1 Å². The molecule has 0 unspecified atom stereocenters. The van der Waals surface area contributed by atoms with Crippen molar-refractivity contribution in [3.63, 3.8) is 0 Å². The summed E-state index contributed by atoms with van der Waals surface area (Å²) in [5.41, 5.74) is 5.75. The third kappa shape index (κ3) is 2.95. The third-order valence-corrected chi connectivity index (χ3v) is 8.29. The minimum absolute atomic E-state index is 0.0731. The number of nitrogens with two attached hydrogens (primary N) is 1. The van der Waals surface area contributed by atoms with E-state index in [1.807, 2.05) is 6.92 Å². The summed E-state index contributed by atoms with van der Waals surface area (Å²) < 4.78 is 0. The van der Waals surface area contributed by atoms with Crippen LogP contribution in [0.25, 0.3) is 0 Å². The fourth-order valence-electron chi connectivity index (χ4n) is 5.27. The number of rotatable bonds is 6. The number of nitrogens with one attached hydrogen (secondary N) is 1. The zero-order valence-electron chi connectivity index (χ0n) is 16.2. The maximum atomic E-state index is 12.4. The highest BCUT2D eigenvalue weighted by atomic mass is 32.2. The number of aliphatic hydroxyl groups is 1. The predicted molar refractivity (Wildman–Crippen MR) is 106 cm³/mol. The van der Waals surface area contributed by atoms with Crippen LogP contribution >= 0.6 is 11.8 Å². The molecule has 1 saturated carbocycles. The van der Waals surface area contributed by atoms with Gasteiger partial charge in [0.05, 0.1) is 23.9 Å². The number of aliphatic carboxylic acids is 1. The molecule has 3 fully saturated rings. The van der Waals surface area contributed by atoms with E-state index in [0.29, 0.717) is 11.3 Å². The first-order valence-corrected chi connectivity index (χ1v) is 10.8. The number of carbonyl (C=O) groups excluding carboxylic acids is 1. The topological polar surface area (TPSA) is 131 Å². The van der Waals surface area contributed by atoms with Crippen LogP contribution in [-0.4, -0.2) is 74.3 Å². The monoisotopic (exact) mass is 408 g/mol. The normalized spacial score (nSPS) is 36.9. The quantitative estimate of drug-likeness (QED) is 0.288. The summed E-state index contributed by atoms with van der Waals surface area (Å²) in [6.45, 7) is 5.34. The minimum atomic E-state index is -1.06. The summed E-state index contributed by atoms with van der Waals surface area (Å²) in [7, 11) is 0. The number of carboxylic acid groups (broad SMARTS) is 1. The summed E-state index contributed by atoms with van der Waals surface area (Å²) in [4.78, 5) is 28.8. The van der Waals surface area contributed by atoms with Crippen molar-refractivity contribution < 1.29 is 19.8 Å². The van der Waals surface area contributed by atoms with E-state index < -0.39 is 18.0 Å². The summed E-state index contributed by atoms with van der Waals surface area (Å²) in [6, 6.07) is 0.212. The maximum Gasteiger partial charge on any atom is 0.353 e. The summed E-state index contributed by atoms with van der Waals surface area (Å²) in [5, 5.41) is 27.6. The van der Waals surface area contributed by atoms with Gasteiger partial charge in [-0.15, -0.1) is 11.8 Å². The van der Waals surface area contributed by atoms with Crippen molar-refractivity contribution in [3.05, 3.63) is 10.6 Å². The van der Waals surface area contributed by atoms with E-state index in [1.165, 1.54) is 4.90 Å². The zero-order chi connectivity index (χ0) is 20.3. The van der Waals surface area contributed by atoms with Crippen molar-refractivity contribution in [3.8, 4) is 0 Å². The highest BCUT2D eigenvalue weighted by molar-refractivity contribution is 8.03. The fraction of sp³-hybridized carbons (Fsp3) is 0.737. The molecule has 4 aliphatic rings. The van der Waals surface area contributed by atoms with Gasteiger partial charge < -0.3 is 20.8 Å². The van der Waals surface area contributed by atoms with Crippen molar-refractivity contribution in [1.82, 2.24) is 9.80 Å². The SMILES string of the molecule is C[C@@H](O)[C@H]1C(=O)N2C(C(=O)O)=C(SC3CN([C@@H]4CC[C@H](C(=N)N)C4)C3)[C@H](C)[C@H]12. The van der Waals surface area contributed by atoms with E-state index in [0.717, 1.165) is 37.3 Å². The largest absolute Gasteiger partial charge is 0.477 e. The molecule has 4 rings (SSSR count). The number of fused-ring (bicyclic) bond motifs is 1. The maximum absolute atomic E-state index is 12.4. The molecule has 0 aromatic heterocycles. The second kappa shape index (κ2) is 7.03. The number of nitrogens with zero attached hydrogens (tertiary/aromatic N) is 2. The molecule has 0 spiro atoms. The van der Waals surface area contributed by atoms with E-state index in [9.17, 15) is 19.8 Å². The Labute approximate surface area is 168 Å². The summed E-state index contributed by atoms with van der Waals surface area (Å²) in [6.07, 6.45) is 2.19. The molecular formula is C19H28N4O4S. The highest BCUT2D eigenvalue weighted by Crippen LogP contribution is 2.52. The van der Waals surface area contributed by atoms with E-state index in [1.54, 1.807) is 18.7 Å². The molecule has 3 heterocycles. The van der Waals surface area contributed by atoms with Crippen LogP contribution in [0.3, 0.4) is 0 Å². The second-order valence-electron chi connectivity index (χ2n) is 8.58. The zero-order valence-corrected chi connectivity index (χ0v) is 17.0. The van der Waals surface area contributed by atoms with Gasteiger partial charge in [-0.25, -0.2) is 4.79 Å². The molecule has 8 nitrogen and oxygen atoms in total. The van der Waals surface area contributed by atoms with Crippen molar-refractivity contribution >= 4 is 29.5 Å². The lowest BCUT2D eigenvalue weighted by Crippen LogP contribution is -2.63. The lowest BCUT2D eigenvalue weighted by molar-refractivity contribution is -0.163. The molecule has 3 aliphatic heterocycles. The standard InChI is InChI=1S/C19H28N4O4S/c1-8-14-13(9(2)24)18(25)23(14)15(19(26)27)16(8)28-12-6-22(7-12)11-4-3-10(5-11)17(20)21/h8-14,24H,3-7H2,1-2H3,(H3,20,21)(H,26,27)/t8-,9-,10+,11-,13-,14-/m1/s1. The first kappa shape index (κ1) is 19.7. The highest BCUT2D eigenvalue weighted by Gasteiger charge is 2.60. The average molecular weight is 409 g/mol. The van der Waals surface area contributed by atoms with Crippen molar-refractivity contribution in [2.24, 2.45) is 23.5 Å². The Balaban J connectivity index is 1.41. The van der Waals surface area contributed by atoms with Crippen LogP contribution in [0.15, 0.2) is 10.6 Å². The molecule has 5 N–H and O–H groups in total. The first-order chi connectivity index (χ1) is 13.2. The number of likely N-dealkylation sites (tertiary alicyclic amines) is 1. The van der Waals surface area contributed by atoms with E-state index >= 15 is 0 Å². The van der Waals surface area contributed by atoms with Gasteiger partial charge >= 0.3 is 5.97 Å². The third-order valence-electron chi connectivity index (χ3n) is 6.84. The van der Waals surface area contributed by atoms with Crippen LogP contribution in [0.5, 0.6) is 0 Å². The number of hydrogen-bond donors (Lipinski definition) is 4. The lowest BCUT2D eigenvalue weighted by atomic mass is 9.79. The van der Waals surface area contributed by atoms with Gasteiger partial charge in [0.2, 0.25) is 5.91 Å². The van der Waals surface area contributed by atoms with Crippen LogP contribution < -0.4 is 5.73 Å². The molecule has 28 heavy (non-hydrogen) atoms. The number of thioether (sulfide) groups is 1. The predicted octanol–water partition coefficient (Wildman–Crippen LogP) is 0.662. The molecule has 9 heteroatoms. The Morgan fingerprint density at radius 1 is 1.36 bits per heavy atom. The number of carbonyl (C=O) groups is 2. The average Bonchev–Trinajstić information content (AvgIpc) is 3.13.